The molecule has 130 valence electrons. The van der Waals surface area contributed by atoms with Gasteiger partial charge >= 0.3 is 0 Å². The number of H-pyrrole nitrogens is 1. The molecule has 1 aliphatic carbocycles. The van der Waals surface area contributed by atoms with E-state index < -0.39 is 11.6 Å². The number of hydrogen-bond donors (Lipinski definition) is 1. The van der Waals surface area contributed by atoms with Gasteiger partial charge < -0.3 is 4.98 Å². The Bertz CT molecular complexity index is 982. The number of benzene rings is 1. The minimum Gasteiger partial charge on any atom is -0.339 e. The lowest BCUT2D eigenvalue weighted by Crippen LogP contribution is -2.14. The monoisotopic (exact) mass is 407 g/mol. The fraction of sp³-hybridized carbons (Fsp3) is 0.333. The van der Waals surface area contributed by atoms with E-state index in [2.05, 4.69) is 26.0 Å². The molecule has 0 saturated heterocycles. The number of hydrogen-bond acceptors (Lipinski definition) is 2. The molecule has 0 radical (unpaired) electrons. The van der Waals surface area contributed by atoms with Gasteiger partial charge in [0, 0.05) is 23.3 Å². The van der Waals surface area contributed by atoms with Crippen molar-refractivity contribution >= 4 is 21.6 Å². The Labute approximate surface area is 151 Å². The van der Waals surface area contributed by atoms with Crippen molar-refractivity contribution in [1.29, 1.82) is 0 Å². The van der Waals surface area contributed by atoms with Gasteiger partial charge in [-0.1, -0.05) is 19.3 Å². The van der Waals surface area contributed by atoms with E-state index in [1.807, 2.05) is 0 Å². The zero-order valence-electron chi connectivity index (χ0n) is 13.4. The van der Waals surface area contributed by atoms with E-state index in [4.69, 9.17) is 0 Å². The molecule has 0 unspecified atom stereocenters. The fourth-order valence-corrected chi connectivity index (χ4v) is 4.02. The zero-order chi connectivity index (χ0) is 17.6. The topological polar surface area (TPSA) is 50.2 Å². The van der Waals surface area contributed by atoms with Crippen LogP contribution in [0.2, 0.25) is 0 Å². The summed E-state index contributed by atoms with van der Waals surface area (Å²) < 4.78 is 31.0. The quantitative estimate of drug-likeness (QED) is 0.664. The minimum atomic E-state index is -0.544. The first-order valence-corrected chi connectivity index (χ1v) is 9.10. The molecule has 1 aromatic carbocycles. The van der Waals surface area contributed by atoms with Crippen LogP contribution in [0.1, 0.15) is 43.6 Å². The number of aromatic amines is 1. The van der Waals surface area contributed by atoms with Gasteiger partial charge in [0.15, 0.2) is 0 Å². The van der Waals surface area contributed by atoms with Crippen LogP contribution in [-0.4, -0.2) is 14.6 Å². The largest absolute Gasteiger partial charge is 0.339 e. The summed E-state index contributed by atoms with van der Waals surface area (Å²) in [5.41, 5.74) is 0.932. The average Bonchev–Trinajstić information content (AvgIpc) is 2.96. The Morgan fingerprint density at radius 2 is 1.76 bits per heavy atom. The number of rotatable bonds is 2. The molecule has 3 aromatic rings. The molecule has 0 atom stereocenters. The number of aromatic nitrogens is 3. The molecule has 0 aliphatic heterocycles. The molecule has 1 saturated carbocycles. The predicted octanol–water partition coefficient (Wildman–Crippen LogP) is 4.78. The standard InChI is InChI=1S/C18H16BrF2N3O/c19-15-9-16-22-14(8-17(25)24(16)23-15)11-6-12(20)18(13(21)7-11)10-4-2-1-3-5-10/h6-10,22H,1-5H2. The Kier molecular flexibility index (Phi) is 4.19. The molecule has 0 spiro atoms. The highest BCUT2D eigenvalue weighted by molar-refractivity contribution is 9.10. The summed E-state index contributed by atoms with van der Waals surface area (Å²) in [6.45, 7) is 0. The number of halogens is 3. The van der Waals surface area contributed by atoms with Crippen LogP contribution in [0.25, 0.3) is 16.9 Å². The molecule has 1 N–H and O–H groups in total. The Morgan fingerprint density at radius 1 is 1.08 bits per heavy atom. The van der Waals surface area contributed by atoms with E-state index in [-0.39, 0.29) is 17.0 Å². The van der Waals surface area contributed by atoms with E-state index in [1.54, 1.807) is 6.07 Å². The van der Waals surface area contributed by atoms with Gasteiger partial charge in [0.2, 0.25) is 0 Å². The lowest BCUT2D eigenvalue weighted by atomic mass is 9.83. The summed E-state index contributed by atoms with van der Waals surface area (Å²) in [6, 6.07) is 5.54. The smallest absolute Gasteiger partial charge is 0.274 e. The van der Waals surface area contributed by atoms with E-state index in [1.165, 1.54) is 22.7 Å². The molecular formula is C18H16BrF2N3O. The number of fused-ring (bicyclic) bond motifs is 1. The van der Waals surface area contributed by atoms with Gasteiger partial charge in [-0.3, -0.25) is 4.79 Å². The normalized spacial score (nSPS) is 15.8. The van der Waals surface area contributed by atoms with Crippen molar-refractivity contribution in [2.45, 2.75) is 38.0 Å². The highest BCUT2D eigenvalue weighted by atomic mass is 79.9. The highest BCUT2D eigenvalue weighted by Gasteiger charge is 2.23. The molecular weight excluding hydrogens is 392 g/mol. The second-order valence-corrected chi connectivity index (χ2v) is 7.29. The van der Waals surface area contributed by atoms with E-state index in [9.17, 15) is 13.6 Å². The van der Waals surface area contributed by atoms with Crippen LogP contribution in [0.4, 0.5) is 8.78 Å². The van der Waals surface area contributed by atoms with E-state index in [0.717, 1.165) is 32.1 Å². The van der Waals surface area contributed by atoms with Gasteiger partial charge in [-0.2, -0.15) is 9.61 Å². The van der Waals surface area contributed by atoms with Gasteiger partial charge in [0.25, 0.3) is 5.56 Å². The Hall–Kier alpha value is -2.02. The molecule has 0 amide bonds. The van der Waals surface area contributed by atoms with E-state index >= 15 is 0 Å². The fourth-order valence-electron chi connectivity index (χ4n) is 3.64. The van der Waals surface area contributed by atoms with Crippen molar-refractivity contribution in [3.05, 3.63) is 56.4 Å². The first-order valence-electron chi connectivity index (χ1n) is 8.31. The maximum atomic E-state index is 14.6. The molecule has 4 rings (SSSR count). The number of nitrogens with zero attached hydrogens (tertiary/aromatic N) is 2. The first-order chi connectivity index (χ1) is 12.0. The van der Waals surface area contributed by atoms with Crippen LogP contribution in [-0.2, 0) is 0 Å². The second kappa shape index (κ2) is 6.37. The van der Waals surface area contributed by atoms with Crippen molar-refractivity contribution < 1.29 is 8.78 Å². The number of nitrogens with one attached hydrogen (secondary N) is 1. The van der Waals surface area contributed by atoms with Crippen molar-refractivity contribution in [3.63, 3.8) is 0 Å². The Morgan fingerprint density at radius 3 is 2.44 bits per heavy atom. The minimum absolute atomic E-state index is 0.0601. The van der Waals surface area contributed by atoms with Crippen LogP contribution in [0, 0.1) is 11.6 Å². The lowest BCUT2D eigenvalue weighted by molar-refractivity contribution is 0.413. The molecule has 1 aliphatic rings. The van der Waals surface area contributed by atoms with Gasteiger partial charge in [0.05, 0.1) is 5.69 Å². The van der Waals surface area contributed by atoms with Crippen LogP contribution in [0.5, 0.6) is 0 Å². The van der Waals surface area contributed by atoms with Gasteiger partial charge in [-0.25, -0.2) is 8.78 Å². The van der Waals surface area contributed by atoms with Crippen LogP contribution >= 0.6 is 15.9 Å². The highest BCUT2D eigenvalue weighted by Crippen LogP contribution is 2.36. The molecule has 4 nitrogen and oxygen atoms in total. The summed E-state index contributed by atoms with van der Waals surface area (Å²) in [7, 11) is 0. The van der Waals surface area contributed by atoms with Gasteiger partial charge in [-0.05, 0) is 46.8 Å². The summed E-state index contributed by atoms with van der Waals surface area (Å²) in [5, 5.41) is 4.00. The zero-order valence-corrected chi connectivity index (χ0v) is 14.9. The third-order valence-corrected chi connectivity index (χ3v) is 5.21. The molecule has 1 fully saturated rings. The molecule has 7 heteroatoms. The summed E-state index contributed by atoms with van der Waals surface area (Å²) in [4.78, 5) is 15.1. The summed E-state index contributed by atoms with van der Waals surface area (Å²) >= 11 is 3.21. The van der Waals surface area contributed by atoms with Crippen LogP contribution < -0.4 is 5.56 Å². The lowest BCUT2D eigenvalue weighted by Gasteiger charge is -2.23. The van der Waals surface area contributed by atoms with Crippen molar-refractivity contribution in [1.82, 2.24) is 14.6 Å². The third kappa shape index (κ3) is 3.01. The average molecular weight is 408 g/mol. The maximum Gasteiger partial charge on any atom is 0.274 e. The first kappa shape index (κ1) is 16.4. The molecule has 2 heterocycles. The van der Waals surface area contributed by atoms with Gasteiger partial charge in [0.1, 0.15) is 21.9 Å². The van der Waals surface area contributed by atoms with Crippen molar-refractivity contribution in [2.75, 3.05) is 0 Å². The molecule has 0 bridgehead atoms. The van der Waals surface area contributed by atoms with Crippen LogP contribution in [0.3, 0.4) is 0 Å². The molecule has 25 heavy (non-hydrogen) atoms. The van der Waals surface area contributed by atoms with E-state index in [0.29, 0.717) is 21.5 Å². The van der Waals surface area contributed by atoms with Crippen molar-refractivity contribution in [2.24, 2.45) is 0 Å². The summed E-state index contributed by atoms with van der Waals surface area (Å²) in [6.07, 6.45) is 4.77. The third-order valence-electron chi connectivity index (χ3n) is 4.82. The SMILES string of the molecule is O=c1cc(-c2cc(F)c(C3CCCCC3)c(F)c2)[nH]c2cc(Br)nn12. The maximum absolute atomic E-state index is 14.6. The predicted molar refractivity (Wildman–Crippen MR) is 94.7 cm³/mol. The van der Waals surface area contributed by atoms with Gasteiger partial charge in [-0.15, -0.1) is 0 Å². The Balaban J connectivity index is 1.80. The van der Waals surface area contributed by atoms with Crippen molar-refractivity contribution in [3.8, 4) is 11.3 Å². The summed E-state index contributed by atoms with van der Waals surface area (Å²) in [5.74, 6) is -1.15. The molecule has 2 aromatic heterocycles. The van der Waals surface area contributed by atoms with Crippen LogP contribution in [0.15, 0.2) is 33.7 Å². The second-order valence-electron chi connectivity index (χ2n) is 6.47.